The molecule has 0 spiro atoms. The molecule has 1 aromatic heterocycles. The Hall–Kier alpha value is -2.30. The van der Waals surface area contributed by atoms with Crippen LogP contribution < -0.4 is 4.74 Å². The number of fused-ring (bicyclic) bond motifs is 1. The van der Waals surface area contributed by atoms with Gasteiger partial charge in [-0.1, -0.05) is 65.5 Å². The Morgan fingerprint density at radius 2 is 1.66 bits per heavy atom. The number of carbonyl (C=O) groups excluding carboxylic acids is 2. The molecule has 1 aliphatic heterocycles. The number of rotatable bonds is 4. The fraction of sp³-hybridized carbons (Fsp3) is 0. The summed E-state index contributed by atoms with van der Waals surface area (Å²) in [6, 6.07) is 17.9. The maximum atomic E-state index is 13.0. The second kappa shape index (κ2) is 9.99. The molecule has 2 heterocycles. The van der Waals surface area contributed by atoms with Crippen molar-refractivity contribution >= 4 is 105 Å². The minimum atomic E-state index is -0.599. The third-order valence-corrected chi connectivity index (χ3v) is 8.11. The maximum Gasteiger partial charge on any atom is 0.363 e. The molecule has 4 aromatic rings. The number of thiophene rings is 1. The van der Waals surface area contributed by atoms with Crippen LogP contribution >= 0.6 is 70.7 Å². The average Bonchev–Trinajstić information content (AvgIpc) is 3.35. The first kappa shape index (κ1) is 24.4. The summed E-state index contributed by atoms with van der Waals surface area (Å²) >= 11 is 17.9. The van der Waals surface area contributed by atoms with Gasteiger partial charge in [-0.15, -0.1) is 11.3 Å². The van der Waals surface area contributed by atoms with Gasteiger partial charge in [0.15, 0.2) is 5.70 Å². The number of aliphatic imine (C=N–C) groups is 1. The van der Waals surface area contributed by atoms with E-state index in [-0.39, 0.29) is 22.2 Å². The molecule has 0 saturated heterocycles. The normalized spacial score (nSPS) is 14.3. The molecule has 35 heavy (non-hydrogen) atoms. The zero-order valence-electron chi connectivity index (χ0n) is 17.4. The van der Waals surface area contributed by atoms with E-state index in [1.807, 2.05) is 30.3 Å². The van der Waals surface area contributed by atoms with Crippen LogP contribution in [0.3, 0.4) is 0 Å². The Kier molecular flexibility index (Phi) is 6.96. The summed E-state index contributed by atoms with van der Waals surface area (Å²) in [4.78, 5) is 30.1. The van der Waals surface area contributed by atoms with E-state index in [4.69, 9.17) is 21.1 Å². The molecule has 174 valence electrons. The Bertz CT molecular complexity index is 1580. The van der Waals surface area contributed by atoms with Crippen molar-refractivity contribution in [2.75, 3.05) is 0 Å². The second-order valence-corrected chi connectivity index (χ2v) is 11.5. The van der Waals surface area contributed by atoms with Crippen LogP contribution in [0.4, 0.5) is 0 Å². The van der Waals surface area contributed by atoms with Gasteiger partial charge in [-0.2, -0.15) is 0 Å². The number of esters is 2. The van der Waals surface area contributed by atoms with Crippen LogP contribution in [0.5, 0.6) is 5.75 Å². The second-order valence-electron chi connectivity index (χ2n) is 7.30. The monoisotopic (exact) mass is 693 g/mol. The SMILES string of the molecule is O=C1OC(c2ccc(Br)cc2)=N/C1=C/c1cc(Br)ccc1OC(=O)c1sc2cc(Br)ccc2c1Cl. The van der Waals surface area contributed by atoms with Crippen molar-refractivity contribution in [1.29, 1.82) is 0 Å². The third-order valence-electron chi connectivity index (χ3n) is 4.96. The van der Waals surface area contributed by atoms with Crippen molar-refractivity contribution in [2.24, 2.45) is 4.99 Å². The summed E-state index contributed by atoms with van der Waals surface area (Å²) in [5.41, 5.74) is 1.22. The van der Waals surface area contributed by atoms with Crippen LogP contribution in [0.2, 0.25) is 5.02 Å². The number of halogens is 4. The molecule has 0 unspecified atom stereocenters. The van der Waals surface area contributed by atoms with E-state index in [1.165, 1.54) is 17.4 Å². The highest BCUT2D eigenvalue weighted by molar-refractivity contribution is 9.11. The lowest BCUT2D eigenvalue weighted by molar-refractivity contribution is -0.129. The Labute approximate surface area is 233 Å². The van der Waals surface area contributed by atoms with E-state index in [1.54, 1.807) is 30.3 Å². The van der Waals surface area contributed by atoms with Gasteiger partial charge in [0.2, 0.25) is 5.90 Å². The van der Waals surface area contributed by atoms with E-state index < -0.39 is 11.9 Å². The number of benzene rings is 3. The third kappa shape index (κ3) is 5.15. The molecule has 0 amide bonds. The molecule has 0 fully saturated rings. The number of nitrogens with zero attached hydrogens (tertiary/aromatic N) is 1. The molecular formula is C25H11Br3ClNO4S. The average molecular weight is 697 g/mol. The lowest BCUT2D eigenvalue weighted by atomic mass is 10.1. The lowest BCUT2D eigenvalue weighted by Gasteiger charge is -2.08. The van der Waals surface area contributed by atoms with Gasteiger partial charge in [0.1, 0.15) is 10.6 Å². The van der Waals surface area contributed by atoms with Crippen molar-refractivity contribution in [3.05, 3.63) is 101 Å². The van der Waals surface area contributed by atoms with E-state index in [9.17, 15) is 9.59 Å². The first-order valence-corrected chi connectivity index (χ1v) is 13.5. The molecule has 0 bridgehead atoms. The Morgan fingerprint density at radius 3 is 2.43 bits per heavy atom. The van der Waals surface area contributed by atoms with Crippen molar-refractivity contribution in [2.45, 2.75) is 0 Å². The highest BCUT2D eigenvalue weighted by atomic mass is 79.9. The largest absolute Gasteiger partial charge is 0.422 e. The Morgan fingerprint density at radius 1 is 0.971 bits per heavy atom. The fourth-order valence-electron chi connectivity index (χ4n) is 3.31. The molecule has 10 heteroatoms. The minimum Gasteiger partial charge on any atom is -0.422 e. The summed E-state index contributed by atoms with van der Waals surface area (Å²) < 4.78 is 14.4. The zero-order valence-corrected chi connectivity index (χ0v) is 23.7. The van der Waals surface area contributed by atoms with Gasteiger partial charge < -0.3 is 9.47 Å². The predicted octanol–water partition coefficient (Wildman–Crippen LogP) is 8.41. The predicted molar refractivity (Wildman–Crippen MR) is 148 cm³/mol. The van der Waals surface area contributed by atoms with Gasteiger partial charge in [0.05, 0.1) is 5.02 Å². The molecule has 0 N–H and O–H groups in total. The summed E-state index contributed by atoms with van der Waals surface area (Å²) in [6.07, 6.45) is 1.52. The summed E-state index contributed by atoms with van der Waals surface area (Å²) in [5.74, 6) is -0.744. The molecule has 0 radical (unpaired) electrons. The summed E-state index contributed by atoms with van der Waals surface area (Å²) in [6.45, 7) is 0. The molecule has 0 aliphatic carbocycles. The van der Waals surface area contributed by atoms with Crippen molar-refractivity contribution in [3.63, 3.8) is 0 Å². The summed E-state index contributed by atoms with van der Waals surface area (Å²) in [7, 11) is 0. The smallest absolute Gasteiger partial charge is 0.363 e. The Balaban J connectivity index is 1.47. The van der Waals surface area contributed by atoms with Gasteiger partial charge in [0.25, 0.3) is 0 Å². The molecule has 0 atom stereocenters. The highest BCUT2D eigenvalue weighted by Crippen LogP contribution is 2.38. The van der Waals surface area contributed by atoms with Crippen molar-refractivity contribution in [3.8, 4) is 5.75 Å². The van der Waals surface area contributed by atoms with Crippen LogP contribution in [0.15, 0.2) is 84.8 Å². The molecule has 5 rings (SSSR count). The number of ether oxygens (including phenoxy) is 2. The van der Waals surface area contributed by atoms with Crippen LogP contribution in [0.1, 0.15) is 20.8 Å². The van der Waals surface area contributed by atoms with Gasteiger partial charge in [-0.05, 0) is 60.7 Å². The zero-order chi connectivity index (χ0) is 24.7. The number of carbonyl (C=O) groups is 2. The van der Waals surface area contributed by atoms with Crippen molar-refractivity contribution in [1.82, 2.24) is 0 Å². The van der Waals surface area contributed by atoms with Gasteiger partial charge in [0, 0.05) is 34.6 Å². The van der Waals surface area contributed by atoms with Crippen LogP contribution in [-0.2, 0) is 9.53 Å². The van der Waals surface area contributed by atoms with E-state index in [0.717, 1.165) is 23.5 Å². The van der Waals surface area contributed by atoms with Gasteiger partial charge in [-0.25, -0.2) is 14.6 Å². The lowest BCUT2D eigenvalue weighted by Crippen LogP contribution is -2.08. The molecule has 5 nitrogen and oxygen atoms in total. The van der Waals surface area contributed by atoms with E-state index in [0.29, 0.717) is 16.1 Å². The number of cyclic esters (lactones) is 1. The topological polar surface area (TPSA) is 65.0 Å². The maximum absolute atomic E-state index is 13.0. The van der Waals surface area contributed by atoms with E-state index >= 15 is 0 Å². The molecule has 1 aliphatic rings. The van der Waals surface area contributed by atoms with Crippen LogP contribution in [-0.4, -0.2) is 17.8 Å². The first-order valence-electron chi connectivity index (χ1n) is 9.96. The summed E-state index contributed by atoms with van der Waals surface area (Å²) in [5, 5.41) is 1.11. The first-order chi connectivity index (χ1) is 16.8. The van der Waals surface area contributed by atoms with Crippen molar-refractivity contribution < 1.29 is 19.1 Å². The number of hydrogen-bond donors (Lipinski definition) is 0. The number of hydrogen-bond acceptors (Lipinski definition) is 6. The fourth-order valence-corrected chi connectivity index (χ4v) is 5.89. The quantitative estimate of drug-likeness (QED) is 0.122. The van der Waals surface area contributed by atoms with Gasteiger partial charge >= 0.3 is 11.9 Å². The van der Waals surface area contributed by atoms with Crippen LogP contribution in [0, 0.1) is 0 Å². The highest BCUT2D eigenvalue weighted by Gasteiger charge is 2.25. The van der Waals surface area contributed by atoms with Gasteiger partial charge in [-0.3, -0.25) is 0 Å². The molecule has 3 aromatic carbocycles. The molecular weight excluding hydrogens is 686 g/mol. The standard InChI is InChI=1S/C25H11Br3ClNO4S/c26-14-3-1-12(2-4-14)23-30-18(24(31)34-23)10-13-9-15(27)6-8-19(13)33-25(32)22-21(29)17-7-5-16(28)11-20(17)35-22/h1-11H/b18-10+. The molecule has 0 saturated carbocycles. The van der Waals surface area contributed by atoms with E-state index in [2.05, 4.69) is 52.8 Å². The van der Waals surface area contributed by atoms with Crippen LogP contribution in [0.25, 0.3) is 16.2 Å². The minimum absolute atomic E-state index is 0.0862.